The van der Waals surface area contributed by atoms with Crippen molar-refractivity contribution in [3.63, 3.8) is 0 Å². The monoisotopic (exact) mass is 324 g/mol. The Labute approximate surface area is 138 Å². The van der Waals surface area contributed by atoms with Crippen LogP contribution in [0.2, 0.25) is 0 Å². The molecule has 2 rings (SSSR count). The summed E-state index contributed by atoms with van der Waals surface area (Å²) in [5.74, 6) is -0.839. The lowest BCUT2D eigenvalue weighted by molar-refractivity contribution is -0.152. The van der Waals surface area contributed by atoms with Crippen LogP contribution in [0.3, 0.4) is 0 Å². The van der Waals surface area contributed by atoms with E-state index >= 15 is 0 Å². The molecule has 0 bridgehead atoms. The average molecular weight is 324 g/mol. The number of carbonyl (C=O) groups is 1. The fourth-order valence-corrected chi connectivity index (χ4v) is 1.86. The van der Waals surface area contributed by atoms with Crippen molar-refractivity contribution in [2.75, 3.05) is 0 Å². The van der Waals surface area contributed by atoms with Crippen LogP contribution in [0.1, 0.15) is 23.6 Å². The number of hydrogen-bond acceptors (Lipinski definition) is 5. The number of ether oxygens (including phenoxy) is 2. The summed E-state index contributed by atoms with van der Waals surface area (Å²) in [7, 11) is 0. The Morgan fingerprint density at radius 3 is 2.33 bits per heavy atom. The van der Waals surface area contributed by atoms with Crippen LogP contribution >= 0.6 is 0 Å². The number of carbonyl (C=O) groups excluding carboxylic acids is 1. The topological polar surface area (TPSA) is 83.1 Å². The maximum absolute atomic E-state index is 13.7. The molecule has 0 fully saturated rings. The minimum atomic E-state index is -0.889. The highest BCUT2D eigenvalue weighted by Gasteiger charge is 2.17. The van der Waals surface area contributed by atoms with E-state index in [1.54, 1.807) is 24.3 Å². The molecule has 2 aromatic rings. The van der Waals surface area contributed by atoms with Crippen LogP contribution < -0.4 is 4.74 Å². The van der Waals surface area contributed by atoms with E-state index in [4.69, 9.17) is 20.0 Å². The van der Waals surface area contributed by atoms with Crippen molar-refractivity contribution in [1.82, 2.24) is 0 Å². The quantitative estimate of drug-likeness (QED) is 0.789. The van der Waals surface area contributed by atoms with Gasteiger partial charge in [0, 0.05) is 5.56 Å². The predicted octanol–water partition coefficient (Wildman–Crippen LogP) is 3.08. The van der Waals surface area contributed by atoms with Gasteiger partial charge in [-0.1, -0.05) is 6.07 Å². The van der Waals surface area contributed by atoms with Gasteiger partial charge in [-0.05, 0) is 43.3 Å². The minimum Gasteiger partial charge on any atom is -0.479 e. The second-order valence-corrected chi connectivity index (χ2v) is 4.92. The number of nitrogens with zero attached hydrogens (tertiary/aromatic N) is 2. The number of rotatable bonds is 5. The molecule has 120 valence electrons. The average Bonchev–Trinajstić information content (AvgIpc) is 2.60. The van der Waals surface area contributed by atoms with Gasteiger partial charge in [-0.2, -0.15) is 10.5 Å². The fraction of sp³-hybridized carbons (Fsp3) is 0.167. The molecule has 2 aromatic carbocycles. The highest BCUT2D eigenvalue weighted by Crippen LogP contribution is 2.15. The van der Waals surface area contributed by atoms with Crippen molar-refractivity contribution in [2.24, 2.45) is 0 Å². The third-order valence-corrected chi connectivity index (χ3v) is 3.18. The fourth-order valence-electron chi connectivity index (χ4n) is 1.86. The first-order valence-electron chi connectivity index (χ1n) is 7.05. The van der Waals surface area contributed by atoms with Gasteiger partial charge in [0.25, 0.3) is 0 Å². The van der Waals surface area contributed by atoms with Crippen molar-refractivity contribution < 1.29 is 18.7 Å². The summed E-state index contributed by atoms with van der Waals surface area (Å²) in [5, 5.41) is 17.4. The van der Waals surface area contributed by atoms with Gasteiger partial charge in [0.2, 0.25) is 0 Å². The SMILES string of the molecule is CC(Oc1ccc(C#N)cc1)C(=O)OCc1ccc(C#N)cc1F. The largest absolute Gasteiger partial charge is 0.479 e. The second-order valence-electron chi connectivity index (χ2n) is 4.92. The summed E-state index contributed by atoms with van der Waals surface area (Å²) in [4.78, 5) is 11.9. The van der Waals surface area contributed by atoms with E-state index in [1.807, 2.05) is 12.1 Å². The molecular formula is C18H13FN2O3. The van der Waals surface area contributed by atoms with Gasteiger partial charge < -0.3 is 9.47 Å². The Balaban J connectivity index is 1.92. The first-order valence-corrected chi connectivity index (χ1v) is 7.05. The molecule has 0 aromatic heterocycles. The zero-order chi connectivity index (χ0) is 17.5. The molecule has 0 amide bonds. The van der Waals surface area contributed by atoms with Gasteiger partial charge in [-0.25, -0.2) is 9.18 Å². The van der Waals surface area contributed by atoms with E-state index < -0.39 is 17.9 Å². The van der Waals surface area contributed by atoms with Crippen LogP contribution in [0.15, 0.2) is 42.5 Å². The van der Waals surface area contributed by atoms with E-state index in [-0.39, 0.29) is 17.7 Å². The molecular weight excluding hydrogens is 311 g/mol. The van der Waals surface area contributed by atoms with Crippen LogP contribution in [-0.4, -0.2) is 12.1 Å². The normalized spacial score (nSPS) is 11.0. The number of hydrogen-bond donors (Lipinski definition) is 0. The van der Waals surface area contributed by atoms with Crippen molar-refractivity contribution in [3.05, 3.63) is 65.0 Å². The molecule has 24 heavy (non-hydrogen) atoms. The Morgan fingerprint density at radius 1 is 1.12 bits per heavy atom. The van der Waals surface area contributed by atoms with E-state index in [2.05, 4.69) is 0 Å². The molecule has 0 spiro atoms. The van der Waals surface area contributed by atoms with Crippen molar-refractivity contribution in [3.8, 4) is 17.9 Å². The summed E-state index contributed by atoms with van der Waals surface area (Å²) in [6.45, 7) is 1.26. The number of nitriles is 2. The van der Waals surface area contributed by atoms with Crippen molar-refractivity contribution >= 4 is 5.97 Å². The first-order chi connectivity index (χ1) is 11.5. The molecule has 0 heterocycles. The highest BCUT2D eigenvalue weighted by atomic mass is 19.1. The van der Waals surface area contributed by atoms with Crippen molar-refractivity contribution in [2.45, 2.75) is 19.6 Å². The maximum atomic E-state index is 13.7. The number of benzene rings is 2. The second kappa shape index (κ2) is 7.75. The molecule has 0 radical (unpaired) electrons. The molecule has 1 unspecified atom stereocenters. The lowest BCUT2D eigenvalue weighted by Crippen LogP contribution is -2.26. The molecule has 0 saturated carbocycles. The third kappa shape index (κ3) is 4.31. The zero-order valence-corrected chi connectivity index (χ0v) is 12.8. The van der Waals surface area contributed by atoms with Gasteiger partial charge in [-0.3, -0.25) is 0 Å². The molecule has 0 N–H and O–H groups in total. The van der Waals surface area contributed by atoms with E-state index in [1.165, 1.54) is 19.1 Å². The van der Waals surface area contributed by atoms with Crippen LogP contribution in [0.25, 0.3) is 0 Å². The smallest absolute Gasteiger partial charge is 0.347 e. The number of halogens is 1. The van der Waals surface area contributed by atoms with E-state index in [9.17, 15) is 9.18 Å². The lowest BCUT2D eigenvalue weighted by Gasteiger charge is -2.14. The Kier molecular flexibility index (Phi) is 5.49. The lowest BCUT2D eigenvalue weighted by atomic mass is 10.1. The third-order valence-electron chi connectivity index (χ3n) is 3.18. The van der Waals surface area contributed by atoms with Crippen LogP contribution in [0.4, 0.5) is 4.39 Å². The molecule has 0 saturated heterocycles. The summed E-state index contributed by atoms with van der Waals surface area (Å²) in [6, 6.07) is 14.0. The molecule has 5 nitrogen and oxygen atoms in total. The molecule has 0 aliphatic heterocycles. The summed E-state index contributed by atoms with van der Waals surface area (Å²) in [5.41, 5.74) is 0.849. The van der Waals surface area contributed by atoms with Gasteiger partial charge in [-0.15, -0.1) is 0 Å². The van der Waals surface area contributed by atoms with Gasteiger partial charge >= 0.3 is 5.97 Å². The van der Waals surface area contributed by atoms with Gasteiger partial charge in [0.1, 0.15) is 18.2 Å². The summed E-state index contributed by atoms with van der Waals surface area (Å²) in [6.07, 6.45) is -0.889. The first kappa shape index (κ1) is 17.0. The Bertz CT molecular complexity index is 820. The van der Waals surface area contributed by atoms with Crippen LogP contribution in [0.5, 0.6) is 5.75 Å². The minimum absolute atomic E-state index is 0.174. The van der Waals surface area contributed by atoms with Gasteiger partial charge in [0.05, 0.1) is 23.3 Å². The Hall–Kier alpha value is -3.38. The van der Waals surface area contributed by atoms with Crippen LogP contribution in [-0.2, 0) is 16.1 Å². The Morgan fingerprint density at radius 2 is 1.75 bits per heavy atom. The van der Waals surface area contributed by atoms with Crippen molar-refractivity contribution in [1.29, 1.82) is 10.5 Å². The summed E-state index contributed by atoms with van der Waals surface area (Å²) < 4.78 is 24.1. The maximum Gasteiger partial charge on any atom is 0.347 e. The molecule has 6 heteroatoms. The molecule has 0 aliphatic carbocycles. The number of esters is 1. The molecule has 0 aliphatic rings. The standard InChI is InChI=1S/C18H13FN2O3/c1-12(24-16-6-3-13(9-20)4-7-16)18(22)23-11-15-5-2-14(10-21)8-17(15)19/h2-8,12H,11H2,1H3. The predicted molar refractivity (Wildman–Crippen MR) is 82.2 cm³/mol. The summed E-state index contributed by atoms with van der Waals surface area (Å²) >= 11 is 0. The van der Waals surface area contributed by atoms with E-state index in [0.717, 1.165) is 6.07 Å². The zero-order valence-electron chi connectivity index (χ0n) is 12.8. The van der Waals surface area contributed by atoms with Gasteiger partial charge in [0.15, 0.2) is 6.10 Å². The highest BCUT2D eigenvalue weighted by molar-refractivity contribution is 5.74. The molecule has 1 atom stereocenters. The van der Waals surface area contributed by atoms with Crippen LogP contribution in [0, 0.1) is 28.5 Å². The van der Waals surface area contributed by atoms with E-state index in [0.29, 0.717) is 11.3 Å².